The Morgan fingerprint density at radius 1 is 1.08 bits per heavy atom. The van der Waals surface area contributed by atoms with E-state index in [1.54, 1.807) is 31.4 Å². The van der Waals surface area contributed by atoms with E-state index in [9.17, 15) is 14.4 Å². The van der Waals surface area contributed by atoms with Crippen LogP contribution in [0.5, 0.6) is 5.75 Å². The van der Waals surface area contributed by atoms with E-state index >= 15 is 0 Å². The van der Waals surface area contributed by atoms with Crippen molar-refractivity contribution < 1.29 is 24.2 Å². The molecular weight excluding hydrogens is 312 g/mol. The number of aliphatic carboxylic acids is 1. The number of hydrogen-bond donors (Lipinski definition) is 3. The van der Waals surface area contributed by atoms with Crippen LogP contribution in [-0.4, -0.2) is 42.6 Å². The predicted octanol–water partition coefficient (Wildman–Crippen LogP) is 1.28. The first-order valence-electron chi connectivity index (χ1n) is 7.73. The fourth-order valence-electron chi connectivity index (χ4n) is 2.24. The molecule has 0 spiro atoms. The van der Waals surface area contributed by atoms with Crippen LogP contribution >= 0.6 is 0 Å². The number of carboxylic acids is 1. The first-order chi connectivity index (χ1) is 11.3. The number of hydrogen-bond acceptors (Lipinski definition) is 4. The van der Waals surface area contributed by atoms with E-state index in [0.717, 1.165) is 5.56 Å². The summed E-state index contributed by atoms with van der Waals surface area (Å²) in [7, 11) is 1.54. The van der Waals surface area contributed by atoms with Crippen molar-refractivity contribution in [2.75, 3.05) is 13.7 Å². The molecule has 7 heteroatoms. The summed E-state index contributed by atoms with van der Waals surface area (Å²) in [4.78, 5) is 34.6. The average Bonchev–Trinajstić information content (AvgIpc) is 2.51. The van der Waals surface area contributed by atoms with Gasteiger partial charge in [-0.25, -0.2) is 0 Å². The number of carboxylic acid groups (broad SMARTS) is 1. The minimum absolute atomic E-state index is 0.00606. The summed E-state index contributed by atoms with van der Waals surface area (Å²) in [5.74, 6) is -1.45. The second-order valence-electron chi connectivity index (χ2n) is 5.77. The van der Waals surface area contributed by atoms with Gasteiger partial charge >= 0.3 is 5.97 Å². The van der Waals surface area contributed by atoms with Crippen molar-refractivity contribution in [3.8, 4) is 5.75 Å². The number of carbonyl (C=O) groups is 3. The molecule has 7 nitrogen and oxygen atoms in total. The van der Waals surface area contributed by atoms with Crippen LogP contribution in [0.3, 0.4) is 0 Å². The van der Waals surface area contributed by atoms with Gasteiger partial charge in [-0.2, -0.15) is 0 Å². The Balaban J connectivity index is 2.66. The SMILES string of the molecule is COc1ccc([C@@H](CC(=O)O)CC(=O)NCC(=O)NC(C)C)cc1. The zero-order chi connectivity index (χ0) is 18.1. The Kier molecular flexibility index (Phi) is 7.74. The number of benzene rings is 1. The van der Waals surface area contributed by atoms with Gasteiger partial charge in [0.2, 0.25) is 11.8 Å². The molecule has 0 radical (unpaired) electrons. The molecule has 1 aromatic carbocycles. The molecule has 132 valence electrons. The van der Waals surface area contributed by atoms with Crippen LogP contribution in [0.15, 0.2) is 24.3 Å². The van der Waals surface area contributed by atoms with Gasteiger partial charge < -0.3 is 20.5 Å². The number of ether oxygens (including phenoxy) is 1. The van der Waals surface area contributed by atoms with Crippen LogP contribution in [0, 0.1) is 0 Å². The number of amides is 2. The third-order valence-electron chi connectivity index (χ3n) is 3.34. The summed E-state index contributed by atoms with van der Waals surface area (Å²) < 4.78 is 5.07. The van der Waals surface area contributed by atoms with E-state index in [0.29, 0.717) is 5.75 Å². The van der Waals surface area contributed by atoms with Crippen molar-refractivity contribution in [1.29, 1.82) is 0 Å². The van der Waals surface area contributed by atoms with Crippen molar-refractivity contribution in [3.63, 3.8) is 0 Å². The second-order valence-corrected chi connectivity index (χ2v) is 5.77. The molecule has 24 heavy (non-hydrogen) atoms. The van der Waals surface area contributed by atoms with Gasteiger partial charge in [-0.1, -0.05) is 12.1 Å². The van der Waals surface area contributed by atoms with Gasteiger partial charge in [0, 0.05) is 18.4 Å². The Labute approximate surface area is 141 Å². The van der Waals surface area contributed by atoms with Crippen molar-refractivity contribution in [1.82, 2.24) is 10.6 Å². The van der Waals surface area contributed by atoms with Crippen molar-refractivity contribution in [3.05, 3.63) is 29.8 Å². The Hall–Kier alpha value is -2.57. The van der Waals surface area contributed by atoms with E-state index in [4.69, 9.17) is 9.84 Å². The summed E-state index contributed by atoms with van der Waals surface area (Å²) in [6.45, 7) is 3.53. The van der Waals surface area contributed by atoms with Crippen LogP contribution < -0.4 is 15.4 Å². The molecule has 0 aliphatic rings. The lowest BCUT2D eigenvalue weighted by Crippen LogP contribution is -2.40. The van der Waals surface area contributed by atoms with E-state index in [2.05, 4.69) is 10.6 Å². The molecule has 0 aliphatic heterocycles. The zero-order valence-corrected chi connectivity index (χ0v) is 14.2. The number of methoxy groups -OCH3 is 1. The lowest BCUT2D eigenvalue weighted by molar-refractivity contribution is -0.137. The highest BCUT2D eigenvalue weighted by Gasteiger charge is 2.20. The molecule has 0 bridgehead atoms. The maximum absolute atomic E-state index is 12.0. The van der Waals surface area contributed by atoms with E-state index < -0.39 is 11.9 Å². The smallest absolute Gasteiger partial charge is 0.303 e. The molecular formula is C17H24N2O5. The normalized spacial score (nSPS) is 11.7. The van der Waals surface area contributed by atoms with Crippen LogP contribution in [0.2, 0.25) is 0 Å². The Morgan fingerprint density at radius 3 is 2.21 bits per heavy atom. The molecule has 0 saturated carbocycles. The van der Waals surface area contributed by atoms with Gasteiger partial charge in [-0.15, -0.1) is 0 Å². The lowest BCUT2D eigenvalue weighted by Gasteiger charge is -2.16. The lowest BCUT2D eigenvalue weighted by atomic mass is 9.92. The Bertz CT molecular complexity index is 569. The van der Waals surface area contributed by atoms with Gasteiger partial charge in [-0.05, 0) is 31.5 Å². The van der Waals surface area contributed by atoms with Crippen molar-refractivity contribution in [2.45, 2.75) is 38.6 Å². The molecule has 0 unspecified atom stereocenters. The summed E-state index contributed by atoms with van der Waals surface area (Å²) in [5.41, 5.74) is 0.736. The van der Waals surface area contributed by atoms with Crippen LogP contribution in [0.25, 0.3) is 0 Å². The molecule has 1 aromatic rings. The highest BCUT2D eigenvalue weighted by atomic mass is 16.5. The molecule has 0 fully saturated rings. The van der Waals surface area contributed by atoms with Crippen LogP contribution in [-0.2, 0) is 14.4 Å². The van der Waals surface area contributed by atoms with Gasteiger partial charge in [0.1, 0.15) is 5.75 Å². The van der Waals surface area contributed by atoms with Crippen LogP contribution in [0.4, 0.5) is 0 Å². The molecule has 3 N–H and O–H groups in total. The van der Waals surface area contributed by atoms with Crippen molar-refractivity contribution >= 4 is 17.8 Å². The highest BCUT2D eigenvalue weighted by molar-refractivity contribution is 5.85. The van der Waals surface area contributed by atoms with E-state index in [1.165, 1.54) is 0 Å². The molecule has 1 atom stereocenters. The van der Waals surface area contributed by atoms with Gasteiger partial charge in [0.15, 0.2) is 0 Å². The molecule has 1 rings (SSSR count). The molecule has 2 amide bonds. The van der Waals surface area contributed by atoms with E-state index in [-0.39, 0.29) is 37.2 Å². The zero-order valence-electron chi connectivity index (χ0n) is 14.2. The van der Waals surface area contributed by atoms with E-state index in [1.807, 2.05) is 13.8 Å². The molecule has 0 heterocycles. The predicted molar refractivity (Wildman–Crippen MR) is 88.9 cm³/mol. The Morgan fingerprint density at radius 2 is 1.71 bits per heavy atom. The number of rotatable bonds is 9. The summed E-state index contributed by atoms with van der Waals surface area (Å²) in [5, 5.41) is 14.2. The molecule has 0 aliphatic carbocycles. The first kappa shape index (κ1) is 19.5. The summed E-state index contributed by atoms with van der Waals surface area (Å²) >= 11 is 0. The highest BCUT2D eigenvalue weighted by Crippen LogP contribution is 2.25. The second kappa shape index (κ2) is 9.54. The first-order valence-corrected chi connectivity index (χ1v) is 7.73. The fraction of sp³-hybridized carbons (Fsp3) is 0.471. The number of carbonyl (C=O) groups excluding carboxylic acids is 2. The van der Waals surface area contributed by atoms with Crippen LogP contribution in [0.1, 0.15) is 38.2 Å². The fourth-order valence-corrected chi connectivity index (χ4v) is 2.24. The van der Waals surface area contributed by atoms with Gasteiger partial charge in [-0.3, -0.25) is 14.4 Å². The quantitative estimate of drug-likeness (QED) is 0.630. The maximum atomic E-state index is 12.0. The minimum Gasteiger partial charge on any atom is -0.497 e. The summed E-state index contributed by atoms with van der Waals surface area (Å²) in [6.07, 6.45) is -0.175. The average molecular weight is 336 g/mol. The monoisotopic (exact) mass is 336 g/mol. The minimum atomic E-state index is -0.985. The van der Waals surface area contributed by atoms with Crippen molar-refractivity contribution in [2.24, 2.45) is 0 Å². The largest absolute Gasteiger partial charge is 0.497 e. The van der Waals surface area contributed by atoms with Gasteiger partial charge in [0.25, 0.3) is 0 Å². The maximum Gasteiger partial charge on any atom is 0.303 e. The molecule has 0 aromatic heterocycles. The third-order valence-corrected chi connectivity index (χ3v) is 3.34. The summed E-state index contributed by atoms with van der Waals surface area (Å²) in [6, 6.07) is 6.92. The molecule has 0 saturated heterocycles. The standard InChI is InChI=1S/C17H24N2O5/c1-11(2)19-16(21)10-18-15(20)8-13(9-17(22)23)12-4-6-14(24-3)7-5-12/h4-7,11,13H,8-10H2,1-3H3,(H,18,20)(H,19,21)(H,22,23)/t13-/m1/s1. The number of nitrogens with one attached hydrogen (secondary N) is 2. The van der Waals surface area contributed by atoms with Gasteiger partial charge in [0.05, 0.1) is 20.1 Å². The third kappa shape index (κ3) is 7.13. The topological polar surface area (TPSA) is 105 Å².